The van der Waals surface area contributed by atoms with E-state index in [2.05, 4.69) is 5.32 Å². The number of carbonyl (C=O) groups excluding carboxylic acids is 1. The molecule has 0 spiro atoms. The summed E-state index contributed by atoms with van der Waals surface area (Å²) in [4.78, 5) is 13.2. The highest BCUT2D eigenvalue weighted by molar-refractivity contribution is 5.89. The maximum atomic E-state index is 13.4. The van der Waals surface area contributed by atoms with Crippen LogP contribution in [0, 0.1) is 11.6 Å². The van der Waals surface area contributed by atoms with Crippen molar-refractivity contribution in [2.45, 2.75) is 26.4 Å². The largest absolute Gasteiger partial charge is 0.389 e. The van der Waals surface area contributed by atoms with E-state index in [0.717, 1.165) is 12.1 Å². The number of nitrogens with zero attached hydrogens (tertiary/aromatic N) is 1. The second kappa shape index (κ2) is 5.97. The molecule has 106 valence electrons. The lowest BCUT2D eigenvalue weighted by molar-refractivity contribution is 0.0501. The Balaban J connectivity index is 2.77. The molecule has 4 nitrogen and oxygen atoms in total. The summed E-state index contributed by atoms with van der Waals surface area (Å²) in [5.74, 6) is -1.55. The Morgan fingerprint density at radius 3 is 2.53 bits per heavy atom. The van der Waals surface area contributed by atoms with Gasteiger partial charge in [-0.1, -0.05) is 0 Å². The van der Waals surface area contributed by atoms with Gasteiger partial charge in [-0.3, -0.25) is 0 Å². The van der Waals surface area contributed by atoms with Gasteiger partial charge in [0.25, 0.3) is 0 Å². The molecule has 0 bridgehead atoms. The summed E-state index contributed by atoms with van der Waals surface area (Å²) in [6.45, 7) is 5.35. The summed E-state index contributed by atoms with van der Waals surface area (Å²) in [5.41, 5.74) is -1.14. The van der Waals surface area contributed by atoms with Crippen molar-refractivity contribution in [1.29, 1.82) is 0 Å². The van der Waals surface area contributed by atoms with Gasteiger partial charge in [-0.2, -0.15) is 0 Å². The first-order valence-corrected chi connectivity index (χ1v) is 5.96. The fourth-order valence-corrected chi connectivity index (χ4v) is 1.58. The molecule has 1 aromatic rings. The molecule has 0 aliphatic carbocycles. The monoisotopic (exact) mass is 272 g/mol. The van der Waals surface area contributed by atoms with Crippen LogP contribution in [0.25, 0.3) is 0 Å². The van der Waals surface area contributed by atoms with Gasteiger partial charge >= 0.3 is 6.03 Å². The zero-order chi connectivity index (χ0) is 14.6. The predicted molar refractivity (Wildman–Crippen MR) is 68.9 cm³/mol. The summed E-state index contributed by atoms with van der Waals surface area (Å²) < 4.78 is 26.1. The molecule has 0 atom stereocenters. The Kier molecular flexibility index (Phi) is 4.83. The molecule has 19 heavy (non-hydrogen) atoms. The van der Waals surface area contributed by atoms with E-state index in [1.807, 2.05) is 0 Å². The molecule has 2 amide bonds. The molecular formula is C13H18F2N2O2. The van der Waals surface area contributed by atoms with E-state index in [-0.39, 0.29) is 12.2 Å². The third kappa shape index (κ3) is 4.82. The van der Waals surface area contributed by atoms with Gasteiger partial charge in [0, 0.05) is 12.6 Å². The van der Waals surface area contributed by atoms with Crippen LogP contribution in [0.2, 0.25) is 0 Å². The highest BCUT2D eigenvalue weighted by Crippen LogP contribution is 2.16. The minimum atomic E-state index is -1.05. The molecule has 0 radical (unpaired) electrons. The van der Waals surface area contributed by atoms with Crippen LogP contribution in [0.4, 0.5) is 19.3 Å². The van der Waals surface area contributed by atoms with Gasteiger partial charge < -0.3 is 15.3 Å². The average Bonchev–Trinajstić information content (AvgIpc) is 2.28. The number of halogens is 2. The third-order valence-electron chi connectivity index (χ3n) is 2.42. The highest BCUT2D eigenvalue weighted by atomic mass is 19.1. The molecule has 0 aromatic heterocycles. The van der Waals surface area contributed by atoms with Crippen molar-refractivity contribution < 1.29 is 18.7 Å². The summed E-state index contributed by atoms with van der Waals surface area (Å²) in [5, 5.41) is 12.0. The van der Waals surface area contributed by atoms with Crippen LogP contribution < -0.4 is 5.32 Å². The average molecular weight is 272 g/mol. The van der Waals surface area contributed by atoms with Crippen LogP contribution >= 0.6 is 0 Å². The molecule has 0 unspecified atom stereocenters. The molecule has 0 aliphatic rings. The first-order chi connectivity index (χ1) is 8.73. The summed E-state index contributed by atoms with van der Waals surface area (Å²) in [7, 11) is 0. The van der Waals surface area contributed by atoms with Crippen molar-refractivity contribution in [3.63, 3.8) is 0 Å². The number of carbonyl (C=O) groups is 1. The summed E-state index contributed by atoms with van der Waals surface area (Å²) >= 11 is 0. The molecule has 0 saturated heterocycles. The van der Waals surface area contributed by atoms with E-state index < -0.39 is 23.3 Å². The first-order valence-electron chi connectivity index (χ1n) is 5.96. The fourth-order valence-electron chi connectivity index (χ4n) is 1.58. The number of nitrogens with one attached hydrogen (secondary N) is 1. The van der Waals surface area contributed by atoms with Crippen molar-refractivity contribution in [2.24, 2.45) is 0 Å². The topological polar surface area (TPSA) is 52.6 Å². The second-order valence-corrected chi connectivity index (χ2v) is 4.88. The number of hydrogen-bond donors (Lipinski definition) is 2. The Hall–Kier alpha value is -1.69. The molecule has 0 saturated carbocycles. The van der Waals surface area contributed by atoms with E-state index in [1.54, 1.807) is 20.8 Å². The maximum Gasteiger partial charge on any atom is 0.322 e. The Morgan fingerprint density at radius 2 is 2.05 bits per heavy atom. The number of urea groups is 1. The van der Waals surface area contributed by atoms with E-state index in [4.69, 9.17) is 0 Å². The van der Waals surface area contributed by atoms with Gasteiger partial charge in [-0.15, -0.1) is 0 Å². The minimum Gasteiger partial charge on any atom is -0.389 e. The lowest BCUT2D eigenvalue weighted by Crippen LogP contribution is -2.44. The number of benzene rings is 1. The second-order valence-electron chi connectivity index (χ2n) is 4.88. The smallest absolute Gasteiger partial charge is 0.322 e. The van der Waals surface area contributed by atoms with Gasteiger partial charge in [-0.25, -0.2) is 13.6 Å². The van der Waals surface area contributed by atoms with Gasteiger partial charge in [0.05, 0.1) is 17.8 Å². The first kappa shape index (κ1) is 15.4. The zero-order valence-electron chi connectivity index (χ0n) is 11.2. The Morgan fingerprint density at radius 1 is 1.42 bits per heavy atom. The number of likely N-dealkylation sites (N-methyl/N-ethyl adjacent to an activating group) is 1. The van der Waals surface area contributed by atoms with Crippen LogP contribution in [0.3, 0.4) is 0 Å². The SMILES string of the molecule is CCN(CC(C)(C)O)C(=O)Nc1ccc(F)cc1F. The molecule has 2 N–H and O–H groups in total. The third-order valence-corrected chi connectivity index (χ3v) is 2.42. The van der Waals surface area contributed by atoms with Crippen LogP contribution in [0.5, 0.6) is 0 Å². The van der Waals surface area contributed by atoms with E-state index >= 15 is 0 Å². The lowest BCUT2D eigenvalue weighted by Gasteiger charge is -2.28. The van der Waals surface area contributed by atoms with Gasteiger partial charge in [0.15, 0.2) is 0 Å². The zero-order valence-corrected chi connectivity index (χ0v) is 11.2. The normalized spacial score (nSPS) is 11.3. The maximum absolute atomic E-state index is 13.4. The lowest BCUT2D eigenvalue weighted by atomic mass is 10.1. The van der Waals surface area contributed by atoms with Crippen molar-refractivity contribution in [2.75, 3.05) is 18.4 Å². The molecule has 1 aromatic carbocycles. The van der Waals surface area contributed by atoms with E-state index in [1.165, 1.54) is 4.90 Å². The van der Waals surface area contributed by atoms with Crippen molar-refractivity contribution >= 4 is 11.7 Å². The summed E-state index contributed by atoms with van der Waals surface area (Å²) in [6, 6.07) is 2.36. The van der Waals surface area contributed by atoms with Gasteiger partial charge in [-0.05, 0) is 32.9 Å². The molecular weight excluding hydrogens is 254 g/mol. The van der Waals surface area contributed by atoms with E-state index in [9.17, 15) is 18.7 Å². The standard InChI is InChI=1S/C13H18F2N2O2/c1-4-17(8-13(2,3)19)12(18)16-11-6-5-9(14)7-10(11)15/h5-7,19H,4,8H2,1-3H3,(H,16,18). The summed E-state index contributed by atoms with van der Waals surface area (Å²) in [6.07, 6.45) is 0. The van der Waals surface area contributed by atoms with Crippen molar-refractivity contribution in [1.82, 2.24) is 4.90 Å². The van der Waals surface area contributed by atoms with E-state index in [0.29, 0.717) is 12.6 Å². The highest BCUT2D eigenvalue weighted by Gasteiger charge is 2.21. The minimum absolute atomic E-state index is 0.0967. The molecule has 6 heteroatoms. The van der Waals surface area contributed by atoms with Crippen molar-refractivity contribution in [3.05, 3.63) is 29.8 Å². The van der Waals surface area contributed by atoms with Crippen molar-refractivity contribution in [3.8, 4) is 0 Å². The Labute approximate surface area is 111 Å². The number of amides is 2. The molecule has 1 rings (SSSR count). The van der Waals surface area contributed by atoms with Crippen LogP contribution in [-0.4, -0.2) is 34.7 Å². The van der Waals surface area contributed by atoms with Gasteiger partial charge in [0.1, 0.15) is 11.6 Å². The number of hydrogen-bond acceptors (Lipinski definition) is 2. The van der Waals surface area contributed by atoms with Crippen LogP contribution in [0.15, 0.2) is 18.2 Å². The Bertz CT molecular complexity index is 458. The van der Waals surface area contributed by atoms with Crippen LogP contribution in [-0.2, 0) is 0 Å². The molecule has 0 fully saturated rings. The number of anilines is 1. The van der Waals surface area contributed by atoms with Crippen LogP contribution in [0.1, 0.15) is 20.8 Å². The van der Waals surface area contributed by atoms with Gasteiger partial charge in [0.2, 0.25) is 0 Å². The number of rotatable bonds is 4. The fraction of sp³-hybridized carbons (Fsp3) is 0.462. The molecule has 0 aliphatic heterocycles. The number of aliphatic hydroxyl groups is 1. The predicted octanol–water partition coefficient (Wildman–Crippen LogP) is 2.59. The quantitative estimate of drug-likeness (QED) is 0.885. The molecule has 0 heterocycles.